The van der Waals surface area contributed by atoms with Crippen LogP contribution in [0.15, 0.2) is 64.6 Å². The highest BCUT2D eigenvalue weighted by Crippen LogP contribution is 2.37. The third-order valence-corrected chi connectivity index (χ3v) is 4.69. The van der Waals surface area contributed by atoms with Crippen LogP contribution in [-0.2, 0) is 11.3 Å². The molecule has 2 aromatic carbocycles. The lowest BCUT2D eigenvalue weighted by atomic mass is 10.1. The second-order valence-electron chi connectivity index (χ2n) is 6.08. The molecule has 0 atom stereocenters. The van der Waals surface area contributed by atoms with Gasteiger partial charge in [-0.2, -0.15) is 5.26 Å². The second kappa shape index (κ2) is 9.27. The molecule has 30 heavy (non-hydrogen) atoms. The first kappa shape index (κ1) is 21.1. The normalized spacial score (nSPS) is 11.0. The number of nitrogens with zero attached hydrogens (tertiary/aromatic N) is 2. The minimum Gasteiger partial charge on any atom is -0.457 e. The Morgan fingerprint density at radius 2 is 1.90 bits per heavy atom. The van der Waals surface area contributed by atoms with Crippen LogP contribution in [0, 0.1) is 21.4 Å². The molecule has 150 valence electrons. The van der Waals surface area contributed by atoms with E-state index in [-0.39, 0.29) is 39.4 Å². The zero-order valence-corrected chi connectivity index (χ0v) is 16.8. The smallest absolute Gasteiger partial charge is 0.289 e. The van der Waals surface area contributed by atoms with Gasteiger partial charge in [-0.05, 0) is 23.8 Å². The lowest BCUT2D eigenvalue weighted by Crippen LogP contribution is -2.23. The third kappa shape index (κ3) is 4.87. The zero-order chi connectivity index (χ0) is 21.7. The topological polar surface area (TPSA) is 109 Å². The quantitative estimate of drug-likeness (QED) is 0.238. The van der Waals surface area contributed by atoms with Gasteiger partial charge in [0.1, 0.15) is 28.2 Å². The number of rotatable bonds is 6. The molecular formula is C21H13Cl2N3O4. The van der Waals surface area contributed by atoms with Crippen molar-refractivity contribution in [2.24, 2.45) is 0 Å². The van der Waals surface area contributed by atoms with E-state index in [1.165, 1.54) is 12.1 Å². The fraction of sp³-hybridized carbons (Fsp3) is 0.0476. The first-order chi connectivity index (χ1) is 14.4. The monoisotopic (exact) mass is 441 g/mol. The van der Waals surface area contributed by atoms with Crippen LogP contribution in [0.2, 0.25) is 10.0 Å². The summed E-state index contributed by atoms with van der Waals surface area (Å²) in [6.07, 6.45) is 1.30. The number of nitriles is 1. The Labute approximate surface area is 181 Å². The van der Waals surface area contributed by atoms with E-state index in [4.69, 9.17) is 27.6 Å². The maximum absolute atomic E-state index is 12.3. The van der Waals surface area contributed by atoms with Gasteiger partial charge in [-0.25, -0.2) is 0 Å². The number of furan rings is 1. The number of hydrogen-bond acceptors (Lipinski definition) is 5. The van der Waals surface area contributed by atoms with Crippen LogP contribution in [0.4, 0.5) is 5.69 Å². The fourth-order valence-electron chi connectivity index (χ4n) is 2.60. The molecule has 1 aromatic heterocycles. The van der Waals surface area contributed by atoms with Crippen LogP contribution in [-0.4, -0.2) is 10.8 Å². The van der Waals surface area contributed by atoms with Crippen LogP contribution in [0.1, 0.15) is 11.3 Å². The summed E-state index contributed by atoms with van der Waals surface area (Å²) in [5.41, 5.74) is 0.783. The summed E-state index contributed by atoms with van der Waals surface area (Å²) in [7, 11) is 0. The molecule has 7 nitrogen and oxygen atoms in total. The van der Waals surface area contributed by atoms with E-state index in [0.29, 0.717) is 5.56 Å². The molecule has 3 rings (SSSR count). The highest BCUT2D eigenvalue weighted by molar-refractivity contribution is 6.36. The zero-order valence-electron chi connectivity index (χ0n) is 15.3. The highest BCUT2D eigenvalue weighted by Gasteiger charge is 2.19. The van der Waals surface area contributed by atoms with Gasteiger partial charge in [0, 0.05) is 24.3 Å². The Morgan fingerprint density at radius 3 is 2.57 bits per heavy atom. The van der Waals surface area contributed by atoms with Crippen LogP contribution in [0.3, 0.4) is 0 Å². The molecule has 9 heteroatoms. The molecule has 0 spiro atoms. The number of halogens is 2. The molecule has 0 unspecified atom stereocenters. The van der Waals surface area contributed by atoms with Gasteiger partial charge in [0.05, 0.1) is 9.95 Å². The SMILES string of the molecule is N#C/C(=C\c1ccc(-c2cc(Cl)c([N+](=O)[O-])cc2Cl)o1)C(=O)NCc1ccccc1. The number of hydrogen-bond donors (Lipinski definition) is 1. The Morgan fingerprint density at radius 1 is 1.17 bits per heavy atom. The average molecular weight is 442 g/mol. The van der Waals surface area contributed by atoms with Crippen LogP contribution in [0.25, 0.3) is 17.4 Å². The minimum absolute atomic E-state index is 0.0806. The third-order valence-electron chi connectivity index (χ3n) is 4.07. The van der Waals surface area contributed by atoms with Crippen molar-refractivity contribution < 1.29 is 14.1 Å². The summed E-state index contributed by atoms with van der Waals surface area (Å²) in [5, 5.41) is 22.9. The summed E-state index contributed by atoms with van der Waals surface area (Å²) >= 11 is 12.1. The van der Waals surface area contributed by atoms with Crippen molar-refractivity contribution in [2.75, 3.05) is 0 Å². The lowest BCUT2D eigenvalue weighted by molar-refractivity contribution is -0.384. The van der Waals surface area contributed by atoms with Crippen molar-refractivity contribution in [3.05, 3.63) is 91.7 Å². The van der Waals surface area contributed by atoms with Crippen LogP contribution < -0.4 is 5.32 Å². The van der Waals surface area contributed by atoms with E-state index in [1.807, 2.05) is 36.4 Å². The molecular weight excluding hydrogens is 429 g/mol. The molecule has 0 aliphatic carbocycles. The van der Waals surface area contributed by atoms with Gasteiger partial charge >= 0.3 is 0 Å². The molecule has 1 amide bonds. The van der Waals surface area contributed by atoms with Gasteiger partial charge in [-0.1, -0.05) is 53.5 Å². The van der Waals surface area contributed by atoms with Crippen molar-refractivity contribution in [1.29, 1.82) is 5.26 Å². The summed E-state index contributed by atoms with van der Waals surface area (Å²) in [5.74, 6) is -0.0253. The van der Waals surface area contributed by atoms with Crippen molar-refractivity contribution in [2.45, 2.75) is 6.54 Å². The Balaban J connectivity index is 1.80. The van der Waals surface area contributed by atoms with E-state index in [0.717, 1.165) is 11.6 Å². The fourth-order valence-corrected chi connectivity index (χ4v) is 3.09. The van der Waals surface area contributed by atoms with Crippen molar-refractivity contribution in [3.8, 4) is 17.4 Å². The molecule has 0 aliphatic rings. The number of nitro groups is 1. The Bertz CT molecular complexity index is 1180. The largest absolute Gasteiger partial charge is 0.457 e. The van der Waals surface area contributed by atoms with Crippen LogP contribution in [0.5, 0.6) is 0 Å². The maximum atomic E-state index is 12.3. The van der Waals surface area contributed by atoms with Crippen molar-refractivity contribution in [1.82, 2.24) is 5.32 Å². The lowest BCUT2D eigenvalue weighted by Gasteiger charge is -2.04. The number of amides is 1. The van der Waals surface area contributed by atoms with E-state index >= 15 is 0 Å². The summed E-state index contributed by atoms with van der Waals surface area (Å²) in [6, 6.07) is 16.7. The van der Waals surface area contributed by atoms with Gasteiger partial charge in [-0.15, -0.1) is 0 Å². The average Bonchev–Trinajstić information content (AvgIpc) is 3.20. The van der Waals surface area contributed by atoms with Gasteiger partial charge in [-0.3, -0.25) is 14.9 Å². The first-order valence-electron chi connectivity index (χ1n) is 8.56. The molecule has 1 heterocycles. The Hall–Kier alpha value is -3.60. The van der Waals surface area contributed by atoms with Gasteiger partial charge < -0.3 is 9.73 Å². The van der Waals surface area contributed by atoms with E-state index < -0.39 is 10.8 Å². The second-order valence-corrected chi connectivity index (χ2v) is 6.90. The van der Waals surface area contributed by atoms with Crippen LogP contribution >= 0.6 is 23.2 Å². The molecule has 3 aromatic rings. The number of nitro benzene ring substituents is 1. The van der Waals surface area contributed by atoms with Gasteiger partial charge in [0.15, 0.2) is 0 Å². The Kier molecular flexibility index (Phi) is 6.52. The molecule has 0 bridgehead atoms. The molecule has 0 aliphatic heterocycles. The predicted molar refractivity (Wildman–Crippen MR) is 113 cm³/mol. The predicted octanol–water partition coefficient (Wildman–Crippen LogP) is 5.38. The van der Waals surface area contributed by atoms with Gasteiger partial charge in [0.2, 0.25) is 0 Å². The highest BCUT2D eigenvalue weighted by atomic mass is 35.5. The van der Waals surface area contributed by atoms with E-state index in [9.17, 15) is 20.2 Å². The van der Waals surface area contributed by atoms with E-state index in [2.05, 4.69) is 5.32 Å². The molecule has 0 fully saturated rings. The summed E-state index contributed by atoms with van der Waals surface area (Å²) in [4.78, 5) is 22.6. The summed E-state index contributed by atoms with van der Waals surface area (Å²) < 4.78 is 5.63. The molecule has 0 saturated heterocycles. The summed E-state index contributed by atoms with van der Waals surface area (Å²) in [6.45, 7) is 0.277. The van der Waals surface area contributed by atoms with Crippen molar-refractivity contribution in [3.63, 3.8) is 0 Å². The number of benzene rings is 2. The van der Waals surface area contributed by atoms with Gasteiger partial charge in [0.25, 0.3) is 11.6 Å². The number of carbonyl (C=O) groups is 1. The molecule has 0 radical (unpaired) electrons. The molecule has 0 saturated carbocycles. The maximum Gasteiger partial charge on any atom is 0.289 e. The number of nitrogens with one attached hydrogen (secondary N) is 1. The molecule has 1 N–H and O–H groups in total. The van der Waals surface area contributed by atoms with Crippen molar-refractivity contribution >= 4 is 40.9 Å². The first-order valence-corrected chi connectivity index (χ1v) is 9.32. The van der Waals surface area contributed by atoms with E-state index in [1.54, 1.807) is 12.1 Å². The standard InChI is InChI=1S/C21H13Cl2N3O4/c22-17-10-19(26(28)29)18(23)9-16(17)20-7-6-15(30-20)8-14(11-24)21(27)25-12-13-4-2-1-3-5-13/h1-10H,12H2,(H,25,27)/b14-8+. The minimum atomic E-state index is -0.637. The number of carbonyl (C=O) groups excluding carboxylic acids is 1.